The first-order valence-corrected chi connectivity index (χ1v) is 8.11. The fraction of sp³-hybridized carbons (Fsp3) is 0.312. The number of amides is 1. The Kier molecular flexibility index (Phi) is 3.88. The third-order valence-corrected chi connectivity index (χ3v) is 4.32. The number of carbonyl (C=O) groups is 1. The van der Waals surface area contributed by atoms with E-state index in [9.17, 15) is 9.59 Å². The number of rotatable bonds is 3. The van der Waals surface area contributed by atoms with E-state index in [0.717, 1.165) is 24.9 Å². The summed E-state index contributed by atoms with van der Waals surface area (Å²) in [4.78, 5) is 33.1. The van der Waals surface area contributed by atoms with Crippen LogP contribution in [0.4, 0.5) is 5.82 Å². The topological polar surface area (TPSA) is 120 Å². The fourth-order valence-electron chi connectivity index (χ4n) is 3.11. The van der Waals surface area contributed by atoms with Crippen molar-refractivity contribution in [2.75, 3.05) is 18.0 Å². The van der Waals surface area contributed by atoms with E-state index in [-0.39, 0.29) is 17.5 Å². The highest BCUT2D eigenvalue weighted by Crippen LogP contribution is 2.16. The summed E-state index contributed by atoms with van der Waals surface area (Å²) < 4.78 is 0. The predicted octanol–water partition coefficient (Wildman–Crippen LogP) is 0.440. The van der Waals surface area contributed by atoms with E-state index in [4.69, 9.17) is 0 Å². The number of hydrogen-bond acceptors (Lipinski definition) is 6. The number of hydrogen-bond donors (Lipinski definition) is 3. The molecule has 0 spiro atoms. The third kappa shape index (κ3) is 3.08. The van der Waals surface area contributed by atoms with Gasteiger partial charge in [0, 0.05) is 37.1 Å². The number of benzene rings is 1. The average molecular weight is 339 g/mol. The van der Waals surface area contributed by atoms with Gasteiger partial charge in [0.1, 0.15) is 11.0 Å². The molecule has 0 aliphatic carbocycles. The number of aromatic amines is 2. The van der Waals surface area contributed by atoms with Crippen molar-refractivity contribution in [2.24, 2.45) is 0 Å². The van der Waals surface area contributed by atoms with E-state index < -0.39 is 0 Å². The number of H-pyrrole nitrogens is 2. The molecule has 1 aliphatic rings. The molecule has 3 N–H and O–H groups in total. The van der Waals surface area contributed by atoms with Gasteiger partial charge in [-0.15, -0.1) is 0 Å². The summed E-state index contributed by atoms with van der Waals surface area (Å²) in [6, 6.07) is 5.15. The maximum Gasteiger partial charge on any atom is 0.290 e. The first-order chi connectivity index (χ1) is 12.2. The van der Waals surface area contributed by atoms with Gasteiger partial charge in [0.25, 0.3) is 11.5 Å². The maximum absolute atomic E-state index is 12.5. The minimum absolute atomic E-state index is 0.0457. The molecular formula is C16H17N7O2. The molecular weight excluding hydrogens is 322 g/mol. The number of carbonyl (C=O) groups excluding carboxylic acids is 1. The first-order valence-electron chi connectivity index (χ1n) is 8.11. The smallest absolute Gasteiger partial charge is 0.290 e. The molecule has 1 fully saturated rings. The molecule has 1 saturated heterocycles. The van der Waals surface area contributed by atoms with Gasteiger partial charge < -0.3 is 15.2 Å². The lowest BCUT2D eigenvalue weighted by atomic mass is 10.0. The Morgan fingerprint density at radius 3 is 3.04 bits per heavy atom. The van der Waals surface area contributed by atoms with Crippen molar-refractivity contribution in [1.29, 1.82) is 0 Å². The molecule has 1 aliphatic heterocycles. The summed E-state index contributed by atoms with van der Waals surface area (Å²) in [5, 5.41) is 13.5. The van der Waals surface area contributed by atoms with Crippen LogP contribution >= 0.6 is 0 Å². The molecule has 2 aromatic heterocycles. The van der Waals surface area contributed by atoms with E-state index in [1.807, 2.05) is 4.90 Å². The molecule has 1 aromatic carbocycles. The molecule has 0 radical (unpaired) electrons. The number of nitrogens with zero attached hydrogens (tertiary/aromatic N) is 4. The van der Waals surface area contributed by atoms with Crippen LogP contribution in [0.1, 0.15) is 23.2 Å². The molecule has 1 atom stereocenters. The molecule has 1 amide bonds. The standard InChI is InChI=1S/C16H17N7O2/c24-15(10-3-4-12-13(8-10)21-22-20-12)19-11-2-1-7-23(9-11)14-16(25)18-6-5-17-14/h3-6,8,11H,1-2,7,9H2,(H,18,25)(H,19,24)(H,20,21,22). The zero-order valence-corrected chi connectivity index (χ0v) is 13.4. The van der Waals surface area contributed by atoms with E-state index in [1.54, 1.807) is 24.4 Å². The second kappa shape index (κ2) is 6.34. The highest BCUT2D eigenvalue weighted by atomic mass is 16.1. The van der Waals surface area contributed by atoms with Crippen molar-refractivity contribution < 1.29 is 4.79 Å². The van der Waals surface area contributed by atoms with Gasteiger partial charge in [0.05, 0.1) is 0 Å². The molecule has 0 saturated carbocycles. The lowest BCUT2D eigenvalue weighted by molar-refractivity contribution is 0.0933. The molecule has 128 valence electrons. The predicted molar refractivity (Wildman–Crippen MR) is 91.4 cm³/mol. The van der Waals surface area contributed by atoms with Crippen molar-refractivity contribution in [2.45, 2.75) is 18.9 Å². The second-order valence-electron chi connectivity index (χ2n) is 6.03. The van der Waals surface area contributed by atoms with Gasteiger partial charge in [-0.1, -0.05) is 0 Å². The van der Waals surface area contributed by atoms with E-state index >= 15 is 0 Å². The lowest BCUT2D eigenvalue weighted by Gasteiger charge is -2.33. The minimum Gasteiger partial charge on any atom is -0.350 e. The van der Waals surface area contributed by atoms with Gasteiger partial charge in [0.2, 0.25) is 0 Å². The molecule has 3 aromatic rings. The van der Waals surface area contributed by atoms with Crippen LogP contribution in [0, 0.1) is 0 Å². The van der Waals surface area contributed by atoms with Gasteiger partial charge in [0.15, 0.2) is 5.82 Å². The summed E-state index contributed by atoms with van der Waals surface area (Å²) in [5.74, 6) is 0.233. The average Bonchev–Trinajstić information content (AvgIpc) is 3.10. The van der Waals surface area contributed by atoms with Crippen LogP contribution < -0.4 is 15.8 Å². The van der Waals surface area contributed by atoms with E-state index in [0.29, 0.717) is 23.4 Å². The van der Waals surface area contributed by atoms with Crippen molar-refractivity contribution in [3.05, 3.63) is 46.5 Å². The number of nitrogens with one attached hydrogen (secondary N) is 3. The molecule has 1 unspecified atom stereocenters. The molecule has 0 bridgehead atoms. The number of piperidine rings is 1. The Balaban J connectivity index is 1.47. The zero-order valence-electron chi connectivity index (χ0n) is 13.4. The van der Waals surface area contributed by atoms with Crippen LogP contribution in [0.2, 0.25) is 0 Å². The van der Waals surface area contributed by atoms with Gasteiger partial charge in [-0.25, -0.2) is 4.98 Å². The number of anilines is 1. The summed E-state index contributed by atoms with van der Waals surface area (Å²) in [6.45, 7) is 1.30. The summed E-state index contributed by atoms with van der Waals surface area (Å²) in [6.07, 6.45) is 4.81. The highest BCUT2D eigenvalue weighted by molar-refractivity contribution is 5.97. The largest absolute Gasteiger partial charge is 0.350 e. The van der Waals surface area contributed by atoms with E-state index in [2.05, 4.69) is 30.7 Å². The zero-order chi connectivity index (χ0) is 17.2. The van der Waals surface area contributed by atoms with Gasteiger partial charge >= 0.3 is 0 Å². The normalized spacial score (nSPS) is 17.6. The fourth-order valence-corrected chi connectivity index (χ4v) is 3.11. The van der Waals surface area contributed by atoms with E-state index in [1.165, 1.54) is 6.20 Å². The Labute approximate surface area is 142 Å². The number of aromatic nitrogens is 5. The Morgan fingerprint density at radius 1 is 1.28 bits per heavy atom. The molecule has 25 heavy (non-hydrogen) atoms. The Bertz CT molecular complexity index is 964. The highest BCUT2D eigenvalue weighted by Gasteiger charge is 2.24. The molecule has 3 heterocycles. The second-order valence-corrected chi connectivity index (χ2v) is 6.03. The van der Waals surface area contributed by atoms with Crippen LogP contribution in [0.5, 0.6) is 0 Å². The summed E-state index contributed by atoms with van der Waals surface area (Å²) in [7, 11) is 0. The SMILES string of the molecule is O=C(NC1CCCN(c2ncc[nH]c2=O)C1)c1ccc2n[nH]nc2c1. The number of fused-ring (bicyclic) bond motifs is 1. The molecule has 4 rings (SSSR count). The lowest BCUT2D eigenvalue weighted by Crippen LogP contribution is -2.49. The van der Waals surface area contributed by atoms with Crippen LogP contribution in [0.15, 0.2) is 35.4 Å². The first kappa shape index (κ1) is 15.3. The van der Waals surface area contributed by atoms with Crippen LogP contribution in [-0.4, -0.2) is 50.4 Å². The van der Waals surface area contributed by atoms with Gasteiger partial charge in [-0.05, 0) is 31.0 Å². The van der Waals surface area contributed by atoms with Gasteiger partial charge in [-0.3, -0.25) is 9.59 Å². The van der Waals surface area contributed by atoms with Crippen molar-refractivity contribution in [3.8, 4) is 0 Å². The van der Waals surface area contributed by atoms with Crippen molar-refractivity contribution >= 4 is 22.8 Å². The Hall–Kier alpha value is -3.23. The van der Waals surface area contributed by atoms with Crippen LogP contribution in [0.3, 0.4) is 0 Å². The maximum atomic E-state index is 12.5. The molecule has 9 heteroatoms. The van der Waals surface area contributed by atoms with Crippen LogP contribution in [0.25, 0.3) is 11.0 Å². The Morgan fingerprint density at radius 2 is 2.16 bits per heavy atom. The van der Waals surface area contributed by atoms with Crippen molar-refractivity contribution in [1.82, 2.24) is 30.7 Å². The van der Waals surface area contributed by atoms with Gasteiger partial charge in [-0.2, -0.15) is 15.4 Å². The molecule has 9 nitrogen and oxygen atoms in total. The monoisotopic (exact) mass is 339 g/mol. The van der Waals surface area contributed by atoms with Crippen LogP contribution in [-0.2, 0) is 0 Å². The summed E-state index contributed by atoms with van der Waals surface area (Å²) >= 11 is 0. The third-order valence-electron chi connectivity index (χ3n) is 4.32. The minimum atomic E-state index is -0.217. The van der Waals surface area contributed by atoms with Crippen molar-refractivity contribution in [3.63, 3.8) is 0 Å². The summed E-state index contributed by atoms with van der Waals surface area (Å²) in [5.41, 5.74) is 1.69. The quantitative estimate of drug-likeness (QED) is 0.637.